The van der Waals surface area contributed by atoms with Crippen LogP contribution in [0.25, 0.3) is 0 Å². The molecule has 1 aliphatic carbocycles. The van der Waals surface area contributed by atoms with Gasteiger partial charge in [0.15, 0.2) is 0 Å². The molecule has 100 valence electrons. The molecule has 0 radical (unpaired) electrons. The molecule has 1 saturated carbocycles. The van der Waals surface area contributed by atoms with Gasteiger partial charge in [0.2, 0.25) is 0 Å². The Hall–Kier alpha value is -0.120. The molecule has 1 aliphatic heterocycles. The van der Waals surface area contributed by atoms with E-state index in [1.54, 1.807) is 0 Å². The molecule has 0 spiro atoms. The Morgan fingerprint density at radius 1 is 1.24 bits per heavy atom. The van der Waals surface area contributed by atoms with Gasteiger partial charge in [-0.1, -0.05) is 13.8 Å². The van der Waals surface area contributed by atoms with Gasteiger partial charge in [-0.05, 0) is 31.6 Å². The lowest BCUT2D eigenvalue weighted by Gasteiger charge is -2.42. The van der Waals surface area contributed by atoms with E-state index < -0.39 is 0 Å². The lowest BCUT2D eigenvalue weighted by molar-refractivity contribution is -0.0459. The highest BCUT2D eigenvalue weighted by atomic mass is 16.5. The summed E-state index contributed by atoms with van der Waals surface area (Å²) in [5.74, 6) is 1.77. The van der Waals surface area contributed by atoms with E-state index in [0.717, 1.165) is 32.7 Å². The number of hydrogen-bond acceptors (Lipinski definition) is 3. The fraction of sp³-hybridized carbons (Fsp3) is 1.00. The maximum absolute atomic E-state index is 10.3. The third-order valence-corrected chi connectivity index (χ3v) is 4.59. The van der Waals surface area contributed by atoms with Crippen LogP contribution in [-0.2, 0) is 4.74 Å². The van der Waals surface area contributed by atoms with Crippen LogP contribution in [0.5, 0.6) is 0 Å². The average molecular weight is 241 g/mol. The second kappa shape index (κ2) is 5.68. The zero-order valence-electron chi connectivity index (χ0n) is 11.4. The smallest absolute Gasteiger partial charge is 0.0619 e. The molecule has 1 N–H and O–H groups in total. The Balaban J connectivity index is 1.92. The number of nitrogens with zero attached hydrogens (tertiary/aromatic N) is 1. The van der Waals surface area contributed by atoms with Gasteiger partial charge in [0.05, 0.1) is 19.3 Å². The molecule has 0 aromatic carbocycles. The van der Waals surface area contributed by atoms with Crippen molar-refractivity contribution in [2.45, 2.75) is 45.8 Å². The van der Waals surface area contributed by atoms with E-state index in [0.29, 0.717) is 23.8 Å². The molecular formula is C14H27NO2. The molecule has 1 saturated heterocycles. The van der Waals surface area contributed by atoms with Crippen molar-refractivity contribution in [3.63, 3.8) is 0 Å². The molecule has 5 unspecified atom stereocenters. The van der Waals surface area contributed by atoms with Gasteiger partial charge in [-0.3, -0.25) is 4.90 Å². The van der Waals surface area contributed by atoms with Crippen LogP contribution in [0.15, 0.2) is 0 Å². The zero-order chi connectivity index (χ0) is 12.4. The molecule has 2 aliphatic rings. The maximum atomic E-state index is 10.3. The average Bonchev–Trinajstić information content (AvgIpc) is 2.25. The van der Waals surface area contributed by atoms with Crippen molar-refractivity contribution >= 4 is 0 Å². The number of ether oxygens (including phenoxy) is 1. The van der Waals surface area contributed by atoms with Crippen molar-refractivity contribution in [2.24, 2.45) is 17.8 Å². The van der Waals surface area contributed by atoms with Gasteiger partial charge in [0.1, 0.15) is 0 Å². The first-order chi connectivity index (χ1) is 8.08. The molecular weight excluding hydrogens is 214 g/mol. The molecule has 0 aromatic rings. The Bertz CT molecular complexity index is 234. The summed E-state index contributed by atoms with van der Waals surface area (Å²) in [4.78, 5) is 2.49. The van der Waals surface area contributed by atoms with Crippen LogP contribution in [0.4, 0.5) is 0 Å². The van der Waals surface area contributed by atoms with Crippen LogP contribution in [0, 0.1) is 17.8 Å². The predicted molar refractivity (Wildman–Crippen MR) is 68.9 cm³/mol. The summed E-state index contributed by atoms with van der Waals surface area (Å²) >= 11 is 0. The molecule has 2 rings (SSSR count). The summed E-state index contributed by atoms with van der Waals surface area (Å²) in [6.07, 6.45) is 2.14. The van der Waals surface area contributed by atoms with Crippen LogP contribution < -0.4 is 0 Å². The first-order valence-electron chi connectivity index (χ1n) is 7.07. The van der Waals surface area contributed by atoms with Gasteiger partial charge in [-0.25, -0.2) is 0 Å². The van der Waals surface area contributed by atoms with Gasteiger partial charge < -0.3 is 9.84 Å². The van der Waals surface area contributed by atoms with Crippen LogP contribution in [0.1, 0.15) is 33.6 Å². The van der Waals surface area contributed by atoms with Crippen LogP contribution in [0.2, 0.25) is 0 Å². The zero-order valence-corrected chi connectivity index (χ0v) is 11.4. The third kappa shape index (κ3) is 3.21. The van der Waals surface area contributed by atoms with Gasteiger partial charge >= 0.3 is 0 Å². The van der Waals surface area contributed by atoms with Crippen LogP contribution >= 0.6 is 0 Å². The monoisotopic (exact) mass is 241 g/mol. The van der Waals surface area contributed by atoms with Crippen molar-refractivity contribution in [3.05, 3.63) is 0 Å². The lowest BCUT2D eigenvalue weighted by Crippen LogP contribution is -2.50. The standard InChI is InChI=1S/C14H27NO2/c1-10-6-11(2)13(14(16)7-10)8-15-4-5-17-9-12(15)3/h10-14,16H,4-9H2,1-3H3. The van der Waals surface area contributed by atoms with E-state index in [1.807, 2.05) is 0 Å². The highest BCUT2D eigenvalue weighted by Crippen LogP contribution is 2.34. The highest BCUT2D eigenvalue weighted by Gasteiger charge is 2.35. The van der Waals surface area contributed by atoms with E-state index >= 15 is 0 Å². The van der Waals surface area contributed by atoms with E-state index in [1.165, 1.54) is 6.42 Å². The van der Waals surface area contributed by atoms with Gasteiger partial charge in [-0.15, -0.1) is 0 Å². The summed E-state index contributed by atoms with van der Waals surface area (Å²) in [6, 6.07) is 0.502. The second-order valence-corrected chi connectivity index (χ2v) is 6.20. The van der Waals surface area contributed by atoms with Crippen LogP contribution in [-0.4, -0.2) is 48.5 Å². The number of aliphatic hydroxyl groups excluding tert-OH is 1. The Morgan fingerprint density at radius 3 is 2.65 bits per heavy atom. The molecule has 2 fully saturated rings. The maximum Gasteiger partial charge on any atom is 0.0619 e. The Kier molecular flexibility index (Phi) is 4.45. The summed E-state index contributed by atoms with van der Waals surface area (Å²) in [6.45, 7) is 10.5. The number of hydrogen-bond donors (Lipinski definition) is 1. The first kappa shape index (κ1) is 13.3. The SMILES string of the molecule is CC1CC(C)C(CN2CCOCC2C)C(O)C1. The minimum atomic E-state index is -0.108. The molecule has 0 aromatic heterocycles. The highest BCUT2D eigenvalue weighted by molar-refractivity contribution is 4.86. The summed E-state index contributed by atoms with van der Waals surface area (Å²) in [7, 11) is 0. The van der Waals surface area contributed by atoms with Crippen molar-refractivity contribution in [2.75, 3.05) is 26.3 Å². The Morgan fingerprint density at radius 2 is 2.00 bits per heavy atom. The summed E-state index contributed by atoms with van der Waals surface area (Å²) in [5.41, 5.74) is 0. The topological polar surface area (TPSA) is 32.7 Å². The second-order valence-electron chi connectivity index (χ2n) is 6.20. The quantitative estimate of drug-likeness (QED) is 0.799. The molecule has 17 heavy (non-hydrogen) atoms. The molecule has 3 heteroatoms. The van der Waals surface area contributed by atoms with Gasteiger partial charge in [0.25, 0.3) is 0 Å². The number of morpholine rings is 1. The summed E-state index contributed by atoms with van der Waals surface area (Å²) < 4.78 is 5.47. The van der Waals surface area contributed by atoms with Crippen molar-refractivity contribution in [1.29, 1.82) is 0 Å². The third-order valence-electron chi connectivity index (χ3n) is 4.59. The lowest BCUT2D eigenvalue weighted by atomic mass is 9.73. The van der Waals surface area contributed by atoms with E-state index in [2.05, 4.69) is 25.7 Å². The van der Waals surface area contributed by atoms with E-state index in [-0.39, 0.29) is 6.10 Å². The molecule has 0 bridgehead atoms. The number of aliphatic hydroxyl groups is 1. The minimum absolute atomic E-state index is 0.108. The Labute approximate surface area is 105 Å². The largest absolute Gasteiger partial charge is 0.393 e. The van der Waals surface area contributed by atoms with Gasteiger partial charge in [0, 0.05) is 25.0 Å². The fourth-order valence-electron chi connectivity index (χ4n) is 3.48. The predicted octanol–water partition coefficient (Wildman–Crippen LogP) is 1.75. The van der Waals surface area contributed by atoms with Crippen LogP contribution in [0.3, 0.4) is 0 Å². The minimum Gasteiger partial charge on any atom is -0.393 e. The van der Waals surface area contributed by atoms with Crippen molar-refractivity contribution < 1.29 is 9.84 Å². The molecule has 1 heterocycles. The normalized spacial score (nSPS) is 44.8. The molecule has 0 amide bonds. The number of rotatable bonds is 2. The van der Waals surface area contributed by atoms with Crippen molar-refractivity contribution in [3.8, 4) is 0 Å². The molecule has 5 atom stereocenters. The fourth-order valence-corrected chi connectivity index (χ4v) is 3.48. The van der Waals surface area contributed by atoms with Crippen molar-refractivity contribution in [1.82, 2.24) is 4.90 Å². The van der Waals surface area contributed by atoms with E-state index in [9.17, 15) is 5.11 Å². The first-order valence-corrected chi connectivity index (χ1v) is 7.07. The summed E-state index contributed by atoms with van der Waals surface area (Å²) in [5, 5.41) is 10.3. The van der Waals surface area contributed by atoms with Gasteiger partial charge in [-0.2, -0.15) is 0 Å². The molecule has 3 nitrogen and oxygen atoms in total. The van der Waals surface area contributed by atoms with E-state index in [4.69, 9.17) is 4.74 Å².